The van der Waals surface area contributed by atoms with Gasteiger partial charge in [0.05, 0.1) is 5.84 Å². The van der Waals surface area contributed by atoms with Crippen molar-refractivity contribution in [2.24, 2.45) is 0 Å². The number of nitrogens with zero attached hydrogens (tertiary/aromatic N) is 2. The SMILES string of the molecule is CN(C)CCN1CCCC1=N. The summed E-state index contributed by atoms with van der Waals surface area (Å²) in [5.41, 5.74) is 0. The van der Waals surface area contributed by atoms with E-state index in [1.807, 2.05) is 0 Å². The molecule has 64 valence electrons. The van der Waals surface area contributed by atoms with Crippen molar-refractivity contribution >= 4 is 5.84 Å². The minimum Gasteiger partial charge on any atom is -0.359 e. The van der Waals surface area contributed by atoms with Gasteiger partial charge in [-0.25, -0.2) is 0 Å². The Kier molecular flexibility index (Phi) is 2.88. The fourth-order valence-electron chi connectivity index (χ4n) is 1.30. The molecule has 1 fully saturated rings. The first-order valence-electron chi connectivity index (χ1n) is 4.17. The summed E-state index contributed by atoms with van der Waals surface area (Å²) in [4.78, 5) is 4.32. The summed E-state index contributed by atoms with van der Waals surface area (Å²) in [7, 11) is 4.14. The molecule has 1 N–H and O–H groups in total. The summed E-state index contributed by atoms with van der Waals surface area (Å²) in [5, 5.41) is 7.56. The number of hydrogen-bond acceptors (Lipinski definition) is 2. The summed E-state index contributed by atoms with van der Waals surface area (Å²) in [6.45, 7) is 3.17. The van der Waals surface area contributed by atoms with Gasteiger partial charge in [0, 0.05) is 26.1 Å². The molecule has 0 unspecified atom stereocenters. The summed E-state index contributed by atoms with van der Waals surface area (Å²) in [6.07, 6.45) is 2.15. The fraction of sp³-hybridized carbons (Fsp3) is 0.875. The summed E-state index contributed by atoms with van der Waals surface area (Å²) >= 11 is 0. The van der Waals surface area contributed by atoms with Gasteiger partial charge in [-0.1, -0.05) is 0 Å². The number of likely N-dealkylation sites (tertiary alicyclic amines) is 1. The van der Waals surface area contributed by atoms with Crippen LogP contribution >= 0.6 is 0 Å². The lowest BCUT2D eigenvalue weighted by atomic mass is 10.4. The molecule has 0 spiro atoms. The second kappa shape index (κ2) is 3.72. The van der Waals surface area contributed by atoms with Crippen LogP contribution in [0.25, 0.3) is 0 Å². The van der Waals surface area contributed by atoms with Crippen LogP contribution in [0.5, 0.6) is 0 Å². The second-order valence-corrected chi connectivity index (χ2v) is 3.34. The number of likely N-dealkylation sites (N-methyl/N-ethyl adjacent to an activating group) is 1. The van der Waals surface area contributed by atoms with Gasteiger partial charge in [0.1, 0.15) is 0 Å². The number of hydrogen-bond donors (Lipinski definition) is 1. The molecule has 1 heterocycles. The third-order valence-electron chi connectivity index (χ3n) is 2.04. The zero-order valence-electron chi connectivity index (χ0n) is 7.43. The lowest BCUT2D eigenvalue weighted by Crippen LogP contribution is -2.32. The Bertz CT molecular complexity index is 142. The average molecular weight is 155 g/mol. The third-order valence-corrected chi connectivity index (χ3v) is 2.04. The smallest absolute Gasteiger partial charge is 0.0958 e. The Balaban J connectivity index is 2.20. The predicted molar refractivity (Wildman–Crippen MR) is 47.1 cm³/mol. The van der Waals surface area contributed by atoms with Crippen LogP contribution in [0.1, 0.15) is 12.8 Å². The van der Waals surface area contributed by atoms with Crippen molar-refractivity contribution < 1.29 is 0 Å². The zero-order valence-corrected chi connectivity index (χ0v) is 7.43. The molecule has 0 amide bonds. The second-order valence-electron chi connectivity index (χ2n) is 3.34. The molecule has 0 saturated carbocycles. The standard InChI is InChI=1S/C8H17N3/c1-10(2)6-7-11-5-3-4-8(11)9/h9H,3-7H2,1-2H3. The number of rotatable bonds is 3. The molecule has 1 saturated heterocycles. The maximum Gasteiger partial charge on any atom is 0.0958 e. The molecule has 0 atom stereocenters. The van der Waals surface area contributed by atoms with Crippen LogP contribution in [-0.2, 0) is 0 Å². The number of nitrogens with one attached hydrogen (secondary N) is 1. The van der Waals surface area contributed by atoms with Crippen molar-refractivity contribution in [1.29, 1.82) is 5.41 Å². The average Bonchev–Trinajstić information content (AvgIpc) is 2.31. The Hall–Kier alpha value is -0.570. The predicted octanol–water partition coefficient (Wildman–Crippen LogP) is 0.621. The van der Waals surface area contributed by atoms with E-state index in [0.717, 1.165) is 31.9 Å². The molecule has 1 rings (SSSR count). The highest BCUT2D eigenvalue weighted by Crippen LogP contribution is 2.08. The van der Waals surface area contributed by atoms with Crippen LogP contribution in [0, 0.1) is 5.41 Å². The van der Waals surface area contributed by atoms with Gasteiger partial charge in [-0.05, 0) is 20.5 Å². The van der Waals surface area contributed by atoms with Gasteiger partial charge in [0.2, 0.25) is 0 Å². The molecule has 0 radical (unpaired) electrons. The van der Waals surface area contributed by atoms with Gasteiger partial charge in [0.15, 0.2) is 0 Å². The molecule has 0 aromatic carbocycles. The molecule has 1 aliphatic rings. The van der Waals surface area contributed by atoms with Crippen LogP contribution in [0.4, 0.5) is 0 Å². The van der Waals surface area contributed by atoms with Gasteiger partial charge in [-0.3, -0.25) is 5.41 Å². The van der Waals surface area contributed by atoms with Crippen molar-refractivity contribution in [3.63, 3.8) is 0 Å². The molecule has 0 bridgehead atoms. The summed E-state index contributed by atoms with van der Waals surface area (Å²) in [6, 6.07) is 0. The molecule has 11 heavy (non-hydrogen) atoms. The quantitative estimate of drug-likeness (QED) is 0.647. The maximum atomic E-state index is 7.56. The van der Waals surface area contributed by atoms with E-state index in [-0.39, 0.29) is 0 Å². The Labute approximate surface area is 68.5 Å². The van der Waals surface area contributed by atoms with Crippen molar-refractivity contribution in [2.45, 2.75) is 12.8 Å². The molecule has 0 aromatic rings. The van der Waals surface area contributed by atoms with Gasteiger partial charge in [0.25, 0.3) is 0 Å². The molecule has 0 aliphatic carbocycles. The van der Waals surface area contributed by atoms with E-state index in [1.165, 1.54) is 6.42 Å². The van der Waals surface area contributed by atoms with Crippen LogP contribution in [0.2, 0.25) is 0 Å². The first kappa shape index (κ1) is 8.53. The van der Waals surface area contributed by atoms with Crippen LogP contribution in [-0.4, -0.2) is 49.4 Å². The monoisotopic (exact) mass is 155 g/mol. The lowest BCUT2D eigenvalue weighted by molar-refractivity contribution is 0.341. The van der Waals surface area contributed by atoms with Gasteiger partial charge < -0.3 is 9.80 Å². The van der Waals surface area contributed by atoms with Crippen LogP contribution in [0.3, 0.4) is 0 Å². The van der Waals surface area contributed by atoms with E-state index < -0.39 is 0 Å². The Morgan fingerprint density at radius 1 is 1.55 bits per heavy atom. The van der Waals surface area contributed by atoms with Crippen molar-refractivity contribution in [3.8, 4) is 0 Å². The van der Waals surface area contributed by atoms with E-state index in [2.05, 4.69) is 23.9 Å². The summed E-state index contributed by atoms with van der Waals surface area (Å²) in [5.74, 6) is 0.826. The van der Waals surface area contributed by atoms with Gasteiger partial charge in [-0.15, -0.1) is 0 Å². The minimum atomic E-state index is 0.826. The maximum absolute atomic E-state index is 7.56. The van der Waals surface area contributed by atoms with Gasteiger partial charge in [-0.2, -0.15) is 0 Å². The van der Waals surface area contributed by atoms with Crippen molar-refractivity contribution in [2.75, 3.05) is 33.7 Å². The van der Waals surface area contributed by atoms with E-state index in [1.54, 1.807) is 0 Å². The highest BCUT2D eigenvalue weighted by Gasteiger charge is 2.15. The van der Waals surface area contributed by atoms with E-state index in [9.17, 15) is 0 Å². The van der Waals surface area contributed by atoms with Crippen LogP contribution < -0.4 is 0 Å². The van der Waals surface area contributed by atoms with Gasteiger partial charge >= 0.3 is 0 Å². The zero-order chi connectivity index (χ0) is 8.27. The fourth-order valence-corrected chi connectivity index (χ4v) is 1.30. The third kappa shape index (κ3) is 2.50. The highest BCUT2D eigenvalue weighted by atomic mass is 15.2. The van der Waals surface area contributed by atoms with E-state index in [0.29, 0.717) is 0 Å². The Morgan fingerprint density at radius 3 is 2.73 bits per heavy atom. The first-order valence-corrected chi connectivity index (χ1v) is 4.17. The van der Waals surface area contributed by atoms with E-state index in [4.69, 9.17) is 5.41 Å². The minimum absolute atomic E-state index is 0.826. The highest BCUT2D eigenvalue weighted by molar-refractivity contribution is 5.80. The molecule has 3 heteroatoms. The van der Waals surface area contributed by atoms with Crippen molar-refractivity contribution in [3.05, 3.63) is 0 Å². The molecule has 1 aliphatic heterocycles. The van der Waals surface area contributed by atoms with Crippen molar-refractivity contribution in [1.82, 2.24) is 9.80 Å². The lowest BCUT2D eigenvalue weighted by Gasteiger charge is -2.19. The topological polar surface area (TPSA) is 30.3 Å². The Morgan fingerprint density at radius 2 is 2.27 bits per heavy atom. The van der Waals surface area contributed by atoms with Crippen LogP contribution in [0.15, 0.2) is 0 Å². The molecule has 0 aromatic heterocycles. The molecular formula is C8H17N3. The molecular weight excluding hydrogens is 138 g/mol. The first-order chi connectivity index (χ1) is 5.20. The van der Waals surface area contributed by atoms with E-state index >= 15 is 0 Å². The summed E-state index contributed by atoms with van der Waals surface area (Å²) < 4.78 is 0. The largest absolute Gasteiger partial charge is 0.359 e. The number of amidine groups is 1. The molecule has 3 nitrogen and oxygen atoms in total. The normalized spacial score (nSPS) is 18.5.